The van der Waals surface area contributed by atoms with Crippen LogP contribution in [0.5, 0.6) is 11.5 Å². The van der Waals surface area contributed by atoms with Crippen LogP contribution in [-0.2, 0) is 12.8 Å². The van der Waals surface area contributed by atoms with Crippen LogP contribution in [0, 0.1) is 0 Å². The Labute approximate surface area is 151 Å². The molecule has 1 aliphatic heterocycles. The van der Waals surface area contributed by atoms with Gasteiger partial charge in [-0.1, -0.05) is 17.8 Å². The molecule has 0 spiro atoms. The van der Waals surface area contributed by atoms with Gasteiger partial charge in [-0.3, -0.25) is 9.36 Å². The normalized spacial score (nSPS) is 12.4. The van der Waals surface area contributed by atoms with E-state index >= 15 is 0 Å². The van der Waals surface area contributed by atoms with Crippen molar-refractivity contribution in [2.45, 2.75) is 10.8 Å². The quantitative estimate of drug-likeness (QED) is 0.688. The molecule has 2 aromatic heterocycles. The van der Waals surface area contributed by atoms with Gasteiger partial charge in [-0.25, -0.2) is 0 Å². The number of thioether (sulfide) groups is 1. The molecular weight excluding hydrogens is 360 g/mol. The first-order chi connectivity index (χ1) is 12.2. The average Bonchev–Trinajstić information content (AvgIpc) is 3.29. The molecule has 128 valence electrons. The van der Waals surface area contributed by atoms with E-state index in [2.05, 4.69) is 15.5 Å². The summed E-state index contributed by atoms with van der Waals surface area (Å²) in [6.07, 6.45) is 0. The van der Waals surface area contributed by atoms with E-state index in [0.29, 0.717) is 28.2 Å². The molecule has 7 nitrogen and oxygen atoms in total. The summed E-state index contributed by atoms with van der Waals surface area (Å²) in [5.41, 5.74) is 0.562. The number of benzene rings is 1. The Morgan fingerprint density at radius 3 is 3.00 bits per heavy atom. The number of anilines is 2. The van der Waals surface area contributed by atoms with Crippen LogP contribution in [0.15, 0.2) is 45.5 Å². The number of fused-ring (bicyclic) bond motifs is 1. The number of ether oxygens (including phenoxy) is 2. The lowest BCUT2D eigenvalue weighted by Gasteiger charge is -2.10. The minimum absolute atomic E-state index is 0.181. The molecule has 9 heteroatoms. The summed E-state index contributed by atoms with van der Waals surface area (Å²) in [5.74, 6) is 2.43. The van der Waals surface area contributed by atoms with E-state index in [4.69, 9.17) is 9.47 Å². The summed E-state index contributed by atoms with van der Waals surface area (Å²) in [4.78, 5) is 13.7. The van der Waals surface area contributed by atoms with E-state index in [-0.39, 0.29) is 12.4 Å². The van der Waals surface area contributed by atoms with E-state index in [1.165, 1.54) is 21.2 Å². The molecular formula is C16H14N4O3S2. The van der Waals surface area contributed by atoms with Crippen molar-refractivity contribution in [1.82, 2.24) is 14.8 Å². The minimum Gasteiger partial charge on any atom is -0.454 e. The lowest BCUT2D eigenvalue weighted by Crippen LogP contribution is -2.24. The third kappa shape index (κ3) is 3.33. The number of nitrogens with zero attached hydrogens (tertiary/aromatic N) is 3. The fraction of sp³-hybridized carbons (Fsp3) is 0.188. The topological polar surface area (TPSA) is 78.3 Å². The molecule has 3 aromatic rings. The van der Waals surface area contributed by atoms with Gasteiger partial charge in [0.2, 0.25) is 12.7 Å². The third-order valence-electron chi connectivity index (χ3n) is 3.60. The lowest BCUT2D eigenvalue weighted by atomic mass is 10.3. The predicted molar refractivity (Wildman–Crippen MR) is 97.0 cm³/mol. The maximum absolute atomic E-state index is 12.5. The molecule has 1 aromatic carbocycles. The first-order valence-electron chi connectivity index (χ1n) is 7.46. The highest BCUT2D eigenvalue weighted by molar-refractivity contribution is 7.98. The summed E-state index contributed by atoms with van der Waals surface area (Å²) >= 11 is 3.04. The van der Waals surface area contributed by atoms with E-state index in [0.717, 1.165) is 5.69 Å². The van der Waals surface area contributed by atoms with Crippen LogP contribution in [0.2, 0.25) is 0 Å². The SMILES string of the molecule is Cn1c(Nc2ccc3c(c2)OCO3)nnc(SCc2cccs2)c1=O. The molecule has 4 rings (SSSR count). The molecule has 0 amide bonds. The zero-order valence-electron chi connectivity index (χ0n) is 13.3. The average molecular weight is 374 g/mol. The van der Waals surface area contributed by atoms with Crippen LogP contribution in [0.1, 0.15) is 4.88 Å². The van der Waals surface area contributed by atoms with Gasteiger partial charge in [0, 0.05) is 29.4 Å². The van der Waals surface area contributed by atoms with Gasteiger partial charge in [0.25, 0.3) is 5.56 Å². The highest BCUT2D eigenvalue weighted by atomic mass is 32.2. The van der Waals surface area contributed by atoms with Crippen molar-refractivity contribution in [3.05, 3.63) is 50.9 Å². The molecule has 0 radical (unpaired) electrons. The van der Waals surface area contributed by atoms with Crippen LogP contribution in [0.3, 0.4) is 0 Å². The number of nitrogens with one attached hydrogen (secondary N) is 1. The lowest BCUT2D eigenvalue weighted by molar-refractivity contribution is 0.174. The summed E-state index contributed by atoms with van der Waals surface area (Å²) in [7, 11) is 1.67. The van der Waals surface area contributed by atoms with Crippen molar-refractivity contribution in [2.75, 3.05) is 12.1 Å². The molecule has 1 aliphatic rings. The Morgan fingerprint density at radius 2 is 2.16 bits per heavy atom. The highest BCUT2D eigenvalue weighted by Crippen LogP contribution is 2.34. The smallest absolute Gasteiger partial charge is 0.287 e. The van der Waals surface area contributed by atoms with Crippen LogP contribution in [0.25, 0.3) is 0 Å². The van der Waals surface area contributed by atoms with E-state index in [1.807, 2.05) is 23.6 Å². The highest BCUT2D eigenvalue weighted by Gasteiger charge is 2.15. The molecule has 25 heavy (non-hydrogen) atoms. The van der Waals surface area contributed by atoms with Gasteiger partial charge in [0.15, 0.2) is 16.5 Å². The molecule has 0 fully saturated rings. The van der Waals surface area contributed by atoms with Crippen LogP contribution < -0.4 is 20.3 Å². The maximum atomic E-state index is 12.5. The number of aromatic nitrogens is 3. The van der Waals surface area contributed by atoms with Crippen molar-refractivity contribution in [2.24, 2.45) is 7.05 Å². The zero-order chi connectivity index (χ0) is 17.2. The summed E-state index contributed by atoms with van der Waals surface area (Å²) < 4.78 is 12.1. The number of rotatable bonds is 5. The van der Waals surface area contributed by atoms with Crippen molar-refractivity contribution in [3.8, 4) is 11.5 Å². The van der Waals surface area contributed by atoms with E-state index in [1.54, 1.807) is 30.5 Å². The predicted octanol–water partition coefficient (Wildman–Crippen LogP) is 3.00. The Morgan fingerprint density at radius 1 is 1.28 bits per heavy atom. The second-order valence-corrected chi connectivity index (χ2v) is 7.25. The Kier molecular flexibility index (Phi) is 4.33. The molecule has 1 N–H and O–H groups in total. The van der Waals surface area contributed by atoms with Crippen LogP contribution in [-0.4, -0.2) is 21.6 Å². The number of hydrogen-bond acceptors (Lipinski definition) is 8. The van der Waals surface area contributed by atoms with Crippen LogP contribution in [0.4, 0.5) is 11.6 Å². The van der Waals surface area contributed by atoms with Gasteiger partial charge in [0.1, 0.15) is 0 Å². The van der Waals surface area contributed by atoms with Gasteiger partial charge in [-0.15, -0.1) is 21.5 Å². The molecule has 0 atom stereocenters. The summed E-state index contributed by atoms with van der Waals surface area (Å²) in [5, 5.41) is 13.7. The molecule has 0 bridgehead atoms. The Hall–Kier alpha value is -2.52. The van der Waals surface area contributed by atoms with Gasteiger partial charge in [0.05, 0.1) is 0 Å². The number of thiophene rings is 1. The monoisotopic (exact) mass is 374 g/mol. The standard InChI is InChI=1S/C16H14N4O3S2/c1-20-15(21)14(25-8-11-3-2-6-24-11)18-19-16(20)17-10-4-5-12-13(7-10)23-9-22-12/h2-7H,8-9H2,1H3,(H,17,19). The second-order valence-electron chi connectivity index (χ2n) is 5.25. The molecule has 0 aliphatic carbocycles. The first kappa shape index (κ1) is 16.0. The molecule has 0 saturated carbocycles. The Balaban J connectivity index is 1.52. The van der Waals surface area contributed by atoms with Gasteiger partial charge in [-0.05, 0) is 23.6 Å². The second kappa shape index (κ2) is 6.77. The third-order valence-corrected chi connectivity index (χ3v) is 5.64. The van der Waals surface area contributed by atoms with E-state index < -0.39 is 0 Å². The first-order valence-corrected chi connectivity index (χ1v) is 9.33. The van der Waals surface area contributed by atoms with Crippen molar-refractivity contribution in [1.29, 1.82) is 0 Å². The number of hydrogen-bond donors (Lipinski definition) is 1. The molecule has 0 saturated heterocycles. The maximum Gasteiger partial charge on any atom is 0.287 e. The van der Waals surface area contributed by atoms with Gasteiger partial charge >= 0.3 is 0 Å². The largest absolute Gasteiger partial charge is 0.454 e. The summed E-state index contributed by atoms with van der Waals surface area (Å²) in [6, 6.07) is 9.46. The Bertz CT molecular complexity index is 957. The van der Waals surface area contributed by atoms with Crippen molar-refractivity contribution < 1.29 is 9.47 Å². The van der Waals surface area contributed by atoms with Crippen molar-refractivity contribution >= 4 is 34.7 Å². The van der Waals surface area contributed by atoms with Gasteiger partial charge in [-0.2, -0.15) is 0 Å². The van der Waals surface area contributed by atoms with Crippen LogP contribution >= 0.6 is 23.1 Å². The van der Waals surface area contributed by atoms with Crippen molar-refractivity contribution in [3.63, 3.8) is 0 Å². The summed E-state index contributed by atoms with van der Waals surface area (Å²) in [6.45, 7) is 0.216. The fourth-order valence-electron chi connectivity index (χ4n) is 2.28. The van der Waals surface area contributed by atoms with Gasteiger partial charge < -0.3 is 14.8 Å². The molecule has 0 unspecified atom stereocenters. The molecule has 3 heterocycles. The zero-order valence-corrected chi connectivity index (χ0v) is 14.9. The fourth-order valence-corrected chi connectivity index (χ4v) is 3.95. The minimum atomic E-state index is -0.181. The van der Waals surface area contributed by atoms with E-state index in [9.17, 15) is 4.79 Å².